The SMILES string of the molecule is CC(C)=CCC/C(C)=C/CN1C(=O)[C@](O)([C@H](C)/C=C/CCn2cc(C(CO)c3ccccc3)nn2)c2cc(N3CCOC3=O)ccc21. The zero-order chi connectivity index (χ0) is 33.6. The predicted octanol–water partition coefficient (Wildman–Crippen LogP) is 5.87. The van der Waals surface area contributed by atoms with Crippen molar-refractivity contribution in [1.82, 2.24) is 15.0 Å². The van der Waals surface area contributed by atoms with Crippen molar-refractivity contribution in [3.63, 3.8) is 0 Å². The van der Waals surface area contributed by atoms with Crippen LogP contribution in [0.25, 0.3) is 0 Å². The lowest BCUT2D eigenvalue weighted by Gasteiger charge is -2.28. The molecule has 2 aromatic carbocycles. The Morgan fingerprint density at radius 1 is 1.09 bits per heavy atom. The first-order chi connectivity index (χ1) is 22.6. The van der Waals surface area contributed by atoms with Gasteiger partial charge in [0.1, 0.15) is 6.61 Å². The summed E-state index contributed by atoms with van der Waals surface area (Å²) in [6, 6.07) is 15.1. The van der Waals surface area contributed by atoms with Gasteiger partial charge in [0.05, 0.1) is 30.5 Å². The van der Waals surface area contributed by atoms with E-state index in [-0.39, 0.29) is 12.5 Å². The molecule has 1 fully saturated rings. The second kappa shape index (κ2) is 14.9. The number of allylic oxidation sites excluding steroid dienone is 4. The third-order valence-electron chi connectivity index (χ3n) is 8.95. The van der Waals surface area contributed by atoms with Crippen molar-refractivity contribution in [1.29, 1.82) is 0 Å². The van der Waals surface area contributed by atoms with Crippen molar-refractivity contribution in [2.75, 3.05) is 36.1 Å². The summed E-state index contributed by atoms with van der Waals surface area (Å²) in [4.78, 5) is 29.6. The Morgan fingerprint density at radius 3 is 2.57 bits per heavy atom. The molecule has 3 atom stereocenters. The third-order valence-corrected chi connectivity index (χ3v) is 8.95. The predicted molar refractivity (Wildman–Crippen MR) is 182 cm³/mol. The Balaban J connectivity index is 1.32. The number of aromatic nitrogens is 3. The van der Waals surface area contributed by atoms with Gasteiger partial charge in [-0.25, -0.2) is 4.79 Å². The number of fused-ring (bicyclic) bond motifs is 1. The van der Waals surface area contributed by atoms with Gasteiger partial charge in [-0.05, 0) is 63.8 Å². The summed E-state index contributed by atoms with van der Waals surface area (Å²) in [5.41, 5.74) is 3.98. The zero-order valence-corrected chi connectivity index (χ0v) is 27.7. The van der Waals surface area contributed by atoms with Gasteiger partial charge in [0.15, 0.2) is 5.60 Å². The smallest absolute Gasteiger partial charge is 0.414 e. The van der Waals surface area contributed by atoms with Gasteiger partial charge in [0.2, 0.25) is 0 Å². The number of hydrogen-bond acceptors (Lipinski definition) is 7. The Morgan fingerprint density at radius 2 is 1.87 bits per heavy atom. The van der Waals surface area contributed by atoms with Gasteiger partial charge in [-0.2, -0.15) is 0 Å². The normalized spacial score (nSPS) is 19.3. The van der Waals surface area contributed by atoms with E-state index in [9.17, 15) is 19.8 Å². The molecule has 2 aliphatic heterocycles. The number of carbonyl (C=O) groups is 2. The fourth-order valence-corrected chi connectivity index (χ4v) is 6.13. The quantitative estimate of drug-likeness (QED) is 0.212. The summed E-state index contributed by atoms with van der Waals surface area (Å²) in [6.45, 7) is 9.55. The maximum atomic E-state index is 14.1. The third kappa shape index (κ3) is 7.39. The Hall–Kier alpha value is -4.54. The molecule has 2 amide bonds. The van der Waals surface area contributed by atoms with Crippen molar-refractivity contribution in [3.8, 4) is 0 Å². The molecule has 0 bridgehead atoms. The van der Waals surface area contributed by atoms with Crippen LogP contribution in [0.5, 0.6) is 0 Å². The second-order valence-corrected chi connectivity index (χ2v) is 12.6. The van der Waals surface area contributed by atoms with Crippen LogP contribution in [0.2, 0.25) is 0 Å². The highest BCUT2D eigenvalue weighted by atomic mass is 16.6. The van der Waals surface area contributed by atoms with Crippen molar-refractivity contribution in [3.05, 3.63) is 107 Å². The number of nitrogens with zero attached hydrogens (tertiary/aromatic N) is 5. The van der Waals surface area contributed by atoms with Crippen LogP contribution in [-0.4, -0.2) is 63.5 Å². The lowest BCUT2D eigenvalue weighted by molar-refractivity contribution is -0.139. The van der Waals surface area contributed by atoms with Gasteiger partial charge < -0.3 is 19.8 Å². The molecule has 47 heavy (non-hydrogen) atoms. The minimum absolute atomic E-state index is 0.0723. The van der Waals surface area contributed by atoms with Crippen molar-refractivity contribution in [2.24, 2.45) is 5.92 Å². The molecule has 0 radical (unpaired) electrons. The maximum Gasteiger partial charge on any atom is 0.414 e. The summed E-state index contributed by atoms with van der Waals surface area (Å²) in [5, 5.41) is 30.7. The van der Waals surface area contributed by atoms with Crippen LogP contribution in [-0.2, 0) is 21.7 Å². The molecule has 0 saturated carbocycles. The van der Waals surface area contributed by atoms with E-state index < -0.39 is 23.5 Å². The monoisotopic (exact) mass is 639 g/mol. The van der Waals surface area contributed by atoms with Crippen molar-refractivity contribution >= 4 is 23.4 Å². The van der Waals surface area contributed by atoms with E-state index in [1.807, 2.05) is 67.7 Å². The zero-order valence-electron chi connectivity index (χ0n) is 27.7. The average Bonchev–Trinajstić information content (AvgIpc) is 3.76. The van der Waals surface area contributed by atoms with Crippen LogP contribution in [0.4, 0.5) is 16.2 Å². The molecule has 248 valence electrons. The highest BCUT2D eigenvalue weighted by Gasteiger charge is 2.52. The van der Waals surface area contributed by atoms with Gasteiger partial charge in [-0.3, -0.25) is 14.4 Å². The molecule has 2 N–H and O–H groups in total. The molecule has 0 spiro atoms. The van der Waals surface area contributed by atoms with Crippen molar-refractivity contribution in [2.45, 2.75) is 65.0 Å². The summed E-state index contributed by atoms with van der Waals surface area (Å²) >= 11 is 0. The van der Waals surface area contributed by atoms with Gasteiger partial charge in [0, 0.05) is 36.5 Å². The van der Waals surface area contributed by atoms with Crippen LogP contribution in [0.3, 0.4) is 0 Å². The fraction of sp³-hybridized carbons (Fsp3) is 0.405. The molecule has 10 nitrogen and oxygen atoms in total. The number of hydrogen-bond donors (Lipinski definition) is 2. The number of cyclic esters (lactones) is 1. The van der Waals surface area contributed by atoms with Gasteiger partial charge >= 0.3 is 6.09 Å². The Labute approximate surface area is 276 Å². The maximum absolute atomic E-state index is 14.1. The summed E-state index contributed by atoms with van der Waals surface area (Å²) in [5.74, 6) is -1.21. The van der Waals surface area contributed by atoms with E-state index in [1.54, 1.807) is 21.7 Å². The molecular formula is C37H45N5O5. The topological polar surface area (TPSA) is 121 Å². The standard InChI is InChI=1S/C37H45N5O5/c1-26(2)11-10-12-27(3)18-20-42-34-17-16-30(41-21-22-47-36(41)45)23-32(34)37(46,35(42)44)28(4)13-8-9-19-40-24-33(38-39-40)31(25-43)29-14-6-5-7-15-29/h5-8,11,13-18,23-24,28,31,43,46H,9-10,12,19-22,25H2,1-4H3/b13-8+,27-18+/t28-,31?,37+/m1/s1. The first kappa shape index (κ1) is 33.8. The van der Waals surface area contributed by atoms with Crippen LogP contribution in [0.1, 0.15) is 69.7 Å². The number of aliphatic hydroxyl groups is 2. The largest absolute Gasteiger partial charge is 0.447 e. The molecule has 3 aromatic rings. The van der Waals surface area contributed by atoms with E-state index in [4.69, 9.17) is 4.74 Å². The molecule has 3 heterocycles. The molecule has 10 heteroatoms. The Bertz CT molecular complexity index is 1660. The molecule has 1 unspecified atom stereocenters. The highest BCUT2D eigenvalue weighted by Crippen LogP contribution is 2.47. The lowest BCUT2D eigenvalue weighted by Crippen LogP contribution is -2.44. The van der Waals surface area contributed by atoms with E-state index >= 15 is 0 Å². The molecule has 1 aromatic heterocycles. The first-order valence-electron chi connectivity index (χ1n) is 16.3. The number of ether oxygens (including phenoxy) is 1. The number of benzene rings is 2. The average molecular weight is 640 g/mol. The van der Waals surface area contributed by atoms with Crippen LogP contribution >= 0.6 is 0 Å². The summed E-state index contributed by atoms with van der Waals surface area (Å²) in [6.07, 6.45) is 11.9. The number of carbonyl (C=O) groups excluding carboxylic acids is 2. The number of aryl methyl sites for hydroxylation is 1. The van der Waals surface area contributed by atoms with E-state index in [2.05, 4.69) is 37.2 Å². The number of aliphatic hydroxyl groups excluding tert-OH is 1. The number of anilines is 2. The highest BCUT2D eigenvalue weighted by molar-refractivity contribution is 6.08. The van der Waals surface area contributed by atoms with E-state index in [1.165, 1.54) is 16.0 Å². The molecular weight excluding hydrogens is 594 g/mol. The molecule has 2 aliphatic rings. The number of rotatable bonds is 14. The van der Waals surface area contributed by atoms with Crippen LogP contribution in [0, 0.1) is 5.92 Å². The van der Waals surface area contributed by atoms with E-state index in [0.29, 0.717) is 55.3 Å². The molecule has 1 saturated heterocycles. The summed E-state index contributed by atoms with van der Waals surface area (Å²) in [7, 11) is 0. The van der Waals surface area contributed by atoms with Crippen LogP contribution < -0.4 is 9.80 Å². The van der Waals surface area contributed by atoms with Crippen LogP contribution in [0.15, 0.2) is 90.2 Å². The second-order valence-electron chi connectivity index (χ2n) is 12.6. The first-order valence-corrected chi connectivity index (χ1v) is 16.3. The molecule has 0 aliphatic carbocycles. The summed E-state index contributed by atoms with van der Waals surface area (Å²) < 4.78 is 6.87. The fourth-order valence-electron chi connectivity index (χ4n) is 6.13. The van der Waals surface area contributed by atoms with Gasteiger partial charge in [-0.15, -0.1) is 5.10 Å². The van der Waals surface area contributed by atoms with Gasteiger partial charge in [-0.1, -0.05) is 77.9 Å². The minimum atomic E-state index is -1.82. The number of amides is 2. The van der Waals surface area contributed by atoms with E-state index in [0.717, 1.165) is 18.4 Å². The Kier molecular flexibility index (Phi) is 10.7. The molecule has 5 rings (SSSR count). The van der Waals surface area contributed by atoms with Crippen molar-refractivity contribution < 1.29 is 24.5 Å². The minimum Gasteiger partial charge on any atom is -0.447 e. The lowest BCUT2D eigenvalue weighted by atomic mass is 9.82. The van der Waals surface area contributed by atoms with Gasteiger partial charge in [0.25, 0.3) is 5.91 Å².